The van der Waals surface area contributed by atoms with Crippen LogP contribution < -0.4 is 10.5 Å². The number of rotatable bonds is 2. The van der Waals surface area contributed by atoms with E-state index in [0.29, 0.717) is 11.7 Å². The van der Waals surface area contributed by atoms with Crippen LogP contribution in [-0.4, -0.2) is 18.3 Å². The molecule has 1 aromatic carbocycles. The topological polar surface area (TPSA) is 55.5 Å². The van der Waals surface area contributed by atoms with Crippen molar-refractivity contribution >= 4 is 0 Å². The van der Waals surface area contributed by atoms with Gasteiger partial charge in [-0.15, -0.1) is 0 Å². The molecule has 3 N–H and O–H groups in total. The van der Waals surface area contributed by atoms with Crippen LogP contribution in [0, 0.1) is 5.41 Å². The summed E-state index contributed by atoms with van der Waals surface area (Å²) in [5, 5.41) is 9.66. The first-order valence-corrected chi connectivity index (χ1v) is 5.11. The van der Waals surface area contributed by atoms with Crippen molar-refractivity contribution in [1.82, 2.24) is 0 Å². The fourth-order valence-corrected chi connectivity index (χ4v) is 2.21. The highest BCUT2D eigenvalue weighted by molar-refractivity contribution is 5.46. The first-order valence-electron chi connectivity index (χ1n) is 5.11. The molecule has 3 heteroatoms. The number of benzene rings is 1. The number of nitrogens with two attached hydrogens (primary N) is 1. The fourth-order valence-electron chi connectivity index (χ4n) is 2.21. The normalized spacial score (nSPS) is 27.5. The number of phenolic OH excluding ortho intramolecular Hbond substituents is 1. The average Bonchev–Trinajstić information content (AvgIpc) is 2.66. The monoisotopic (exact) mass is 207 g/mol. The van der Waals surface area contributed by atoms with Crippen molar-refractivity contribution in [1.29, 1.82) is 0 Å². The Morgan fingerprint density at radius 3 is 2.40 bits per heavy atom. The second kappa shape index (κ2) is 3.14. The van der Waals surface area contributed by atoms with Gasteiger partial charge in [0.15, 0.2) is 11.5 Å². The molecule has 1 aromatic rings. The molecular formula is C12H17NO2. The first kappa shape index (κ1) is 10.3. The lowest BCUT2D eigenvalue weighted by Gasteiger charge is -2.07. The Bertz CT molecular complexity index is 387. The third-order valence-electron chi connectivity index (χ3n) is 3.47. The predicted octanol–water partition coefficient (Wildman–Crippen LogP) is 1.85. The van der Waals surface area contributed by atoms with Gasteiger partial charge < -0.3 is 15.6 Å². The van der Waals surface area contributed by atoms with Crippen LogP contribution in [0.25, 0.3) is 0 Å². The van der Waals surface area contributed by atoms with Crippen LogP contribution in [0.2, 0.25) is 0 Å². The van der Waals surface area contributed by atoms with Crippen LogP contribution >= 0.6 is 0 Å². The SMILES string of the molecule is COc1ccc([C@@H]2[C@@H](N)C2(C)C)cc1O. The zero-order chi connectivity index (χ0) is 11.2. The van der Waals surface area contributed by atoms with Gasteiger partial charge in [0, 0.05) is 12.0 Å². The van der Waals surface area contributed by atoms with E-state index in [4.69, 9.17) is 10.5 Å². The zero-order valence-corrected chi connectivity index (χ0v) is 9.32. The molecule has 1 aliphatic rings. The molecule has 3 nitrogen and oxygen atoms in total. The molecule has 0 spiro atoms. The number of methoxy groups -OCH3 is 1. The Morgan fingerprint density at radius 2 is 2.00 bits per heavy atom. The van der Waals surface area contributed by atoms with Gasteiger partial charge in [0.25, 0.3) is 0 Å². The van der Waals surface area contributed by atoms with Gasteiger partial charge in [-0.25, -0.2) is 0 Å². The van der Waals surface area contributed by atoms with Gasteiger partial charge in [0.1, 0.15) is 0 Å². The second-order valence-corrected chi connectivity index (χ2v) is 4.76. The largest absolute Gasteiger partial charge is 0.504 e. The van der Waals surface area contributed by atoms with Crippen LogP contribution in [0.5, 0.6) is 11.5 Å². The molecule has 0 aromatic heterocycles. The Kier molecular flexibility index (Phi) is 2.15. The van der Waals surface area contributed by atoms with E-state index in [1.165, 1.54) is 0 Å². The lowest BCUT2D eigenvalue weighted by atomic mass is 10.0. The maximum atomic E-state index is 9.66. The van der Waals surface area contributed by atoms with Crippen LogP contribution in [-0.2, 0) is 0 Å². The summed E-state index contributed by atoms with van der Waals surface area (Å²) in [6.07, 6.45) is 0. The third-order valence-corrected chi connectivity index (χ3v) is 3.47. The molecule has 1 fully saturated rings. The van der Waals surface area contributed by atoms with Crippen LogP contribution in [0.1, 0.15) is 25.3 Å². The molecule has 1 aliphatic carbocycles. The van der Waals surface area contributed by atoms with Gasteiger partial charge >= 0.3 is 0 Å². The van der Waals surface area contributed by atoms with E-state index in [1.807, 2.05) is 6.07 Å². The van der Waals surface area contributed by atoms with Crippen molar-refractivity contribution in [3.63, 3.8) is 0 Å². The molecule has 0 heterocycles. The van der Waals surface area contributed by atoms with Gasteiger partial charge in [-0.2, -0.15) is 0 Å². The molecule has 1 saturated carbocycles. The third kappa shape index (κ3) is 1.47. The molecule has 82 valence electrons. The van der Waals surface area contributed by atoms with E-state index in [2.05, 4.69) is 13.8 Å². The summed E-state index contributed by atoms with van der Waals surface area (Å²) in [5.74, 6) is 1.03. The lowest BCUT2D eigenvalue weighted by Crippen LogP contribution is -2.06. The van der Waals surface area contributed by atoms with Gasteiger partial charge in [0.05, 0.1) is 7.11 Å². The molecule has 0 radical (unpaired) electrons. The molecule has 0 unspecified atom stereocenters. The van der Waals surface area contributed by atoms with Crippen molar-refractivity contribution in [3.8, 4) is 11.5 Å². The van der Waals surface area contributed by atoms with Gasteiger partial charge in [-0.1, -0.05) is 19.9 Å². The van der Waals surface area contributed by atoms with E-state index in [0.717, 1.165) is 5.56 Å². The highest BCUT2D eigenvalue weighted by Gasteiger charge is 2.56. The summed E-state index contributed by atoms with van der Waals surface area (Å²) in [5.41, 5.74) is 7.21. The number of hydrogen-bond donors (Lipinski definition) is 2. The van der Waals surface area contributed by atoms with Gasteiger partial charge in [-0.05, 0) is 23.1 Å². The maximum absolute atomic E-state index is 9.66. The Hall–Kier alpha value is -1.22. The minimum absolute atomic E-state index is 0.140. The summed E-state index contributed by atoms with van der Waals surface area (Å²) in [6, 6.07) is 5.69. The second-order valence-electron chi connectivity index (χ2n) is 4.76. The molecular weight excluding hydrogens is 190 g/mol. The predicted molar refractivity (Wildman–Crippen MR) is 59.2 cm³/mol. The highest BCUT2D eigenvalue weighted by atomic mass is 16.5. The number of phenols is 1. The number of aromatic hydroxyl groups is 1. The number of ether oxygens (including phenoxy) is 1. The van der Waals surface area contributed by atoms with E-state index < -0.39 is 0 Å². The summed E-state index contributed by atoms with van der Waals surface area (Å²) < 4.78 is 5.00. The van der Waals surface area contributed by atoms with Gasteiger partial charge in [-0.3, -0.25) is 0 Å². The van der Waals surface area contributed by atoms with Crippen molar-refractivity contribution < 1.29 is 9.84 Å². The average molecular weight is 207 g/mol. The highest BCUT2D eigenvalue weighted by Crippen LogP contribution is 2.57. The zero-order valence-electron chi connectivity index (χ0n) is 9.32. The van der Waals surface area contributed by atoms with Crippen molar-refractivity contribution in [3.05, 3.63) is 23.8 Å². The van der Waals surface area contributed by atoms with Crippen LogP contribution in [0.3, 0.4) is 0 Å². The molecule has 2 rings (SSSR count). The standard InChI is InChI=1S/C12H17NO2/c1-12(2)10(11(12)13)7-4-5-9(15-3)8(14)6-7/h4-6,10-11,14H,13H2,1-3H3/t10-,11-/m1/s1. The van der Waals surface area contributed by atoms with Crippen LogP contribution in [0.4, 0.5) is 0 Å². The quantitative estimate of drug-likeness (QED) is 0.778. The molecule has 0 amide bonds. The van der Waals surface area contributed by atoms with E-state index in [9.17, 15) is 5.11 Å². The van der Waals surface area contributed by atoms with E-state index in [1.54, 1.807) is 19.2 Å². The molecule has 2 atom stereocenters. The minimum Gasteiger partial charge on any atom is -0.504 e. The Morgan fingerprint density at radius 1 is 1.40 bits per heavy atom. The first-order chi connectivity index (χ1) is 6.98. The molecule has 0 saturated heterocycles. The number of hydrogen-bond acceptors (Lipinski definition) is 3. The smallest absolute Gasteiger partial charge is 0.160 e. The maximum Gasteiger partial charge on any atom is 0.160 e. The minimum atomic E-state index is 0.140. The van der Waals surface area contributed by atoms with E-state index in [-0.39, 0.29) is 17.2 Å². The van der Waals surface area contributed by atoms with Crippen molar-refractivity contribution in [2.24, 2.45) is 11.1 Å². The van der Waals surface area contributed by atoms with Crippen molar-refractivity contribution in [2.45, 2.75) is 25.8 Å². The summed E-state index contributed by atoms with van der Waals surface area (Å²) in [7, 11) is 1.54. The van der Waals surface area contributed by atoms with Crippen molar-refractivity contribution in [2.75, 3.05) is 7.11 Å². The molecule has 0 bridgehead atoms. The summed E-state index contributed by atoms with van der Waals surface area (Å²) in [6.45, 7) is 4.28. The molecule has 0 aliphatic heterocycles. The van der Waals surface area contributed by atoms with E-state index >= 15 is 0 Å². The summed E-state index contributed by atoms with van der Waals surface area (Å²) in [4.78, 5) is 0. The Balaban J connectivity index is 2.29. The molecule has 15 heavy (non-hydrogen) atoms. The fraction of sp³-hybridized carbons (Fsp3) is 0.500. The summed E-state index contributed by atoms with van der Waals surface area (Å²) >= 11 is 0. The van der Waals surface area contributed by atoms with Crippen LogP contribution in [0.15, 0.2) is 18.2 Å². The lowest BCUT2D eigenvalue weighted by molar-refractivity contribution is 0.373. The van der Waals surface area contributed by atoms with Gasteiger partial charge in [0.2, 0.25) is 0 Å². The Labute approximate surface area is 89.9 Å².